The second kappa shape index (κ2) is 5.87. The molecule has 4 nitrogen and oxygen atoms in total. The summed E-state index contributed by atoms with van der Waals surface area (Å²) in [4.78, 5) is 0.160. The quantitative estimate of drug-likeness (QED) is 0.912. The van der Waals surface area contributed by atoms with Crippen LogP contribution in [0.15, 0.2) is 41.3 Å². The Bertz CT molecular complexity index is 748. The van der Waals surface area contributed by atoms with Crippen molar-refractivity contribution >= 4 is 15.7 Å². The molecule has 0 saturated carbocycles. The van der Waals surface area contributed by atoms with Gasteiger partial charge in [0.1, 0.15) is 0 Å². The molecule has 2 rings (SSSR count). The van der Waals surface area contributed by atoms with E-state index < -0.39 is 10.0 Å². The lowest BCUT2D eigenvalue weighted by Crippen LogP contribution is -2.14. The molecule has 21 heavy (non-hydrogen) atoms. The Morgan fingerprint density at radius 1 is 1.05 bits per heavy atom. The van der Waals surface area contributed by atoms with Gasteiger partial charge in [0.05, 0.1) is 4.90 Å². The first kappa shape index (κ1) is 15.5. The largest absolute Gasteiger partial charge is 0.381 e. The van der Waals surface area contributed by atoms with Gasteiger partial charge in [-0.05, 0) is 44.0 Å². The molecule has 0 aromatic heterocycles. The Morgan fingerprint density at radius 3 is 2.24 bits per heavy atom. The first-order valence-electron chi connectivity index (χ1n) is 6.71. The molecule has 0 bridgehead atoms. The van der Waals surface area contributed by atoms with Gasteiger partial charge in [0.2, 0.25) is 10.0 Å². The van der Waals surface area contributed by atoms with Gasteiger partial charge in [-0.2, -0.15) is 0 Å². The van der Waals surface area contributed by atoms with Gasteiger partial charge < -0.3 is 5.32 Å². The fraction of sp³-hybridized carbons (Fsp3) is 0.250. The predicted octanol–water partition coefficient (Wildman–Crippen LogP) is 2.87. The van der Waals surface area contributed by atoms with Crippen LogP contribution in [0.25, 0.3) is 0 Å². The van der Waals surface area contributed by atoms with Crippen LogP contribution in [0.1, 0.15) is 22.3 Å². The first-order chi connectivity index (χ1) is 9.77. The summed E-state index contributed by atoms with van der Waals surface area (Å²) >= 11 is 0. The standard InChI is InChI=1S/C16H20N2O2S/c1-11-7-12(2)9-14(8-11)10-18-15-5-4-6-16(13(15)3)21(17,19)20/h4-9,18H,10H2,1-3H3,(H2,17,19,20). The molecule has 0 aliphatic carbocycles. The van der Waals surface area contributed by atoms with E-state index in [1.807, 2.05) is 6.07 Å². The van der Waals surface area contributed by atoms with E-state index in [9.17, 15) is 8.42 Å². The molecule has 0 aliphatic rings. The molecule has 0 unspecified atom stereocenters. The predicted molar refractivity (Wildman–Crippen MR) is 85.8 cm³/mol. The third-order valence-corrected chi connectivity index (χ3v) is 4.41. The highest BCUT2D eigenvalue weighted by Gasteiger charge is 2.13. The number of primary sulfonamides is 1. The highest BCUT2D eigenvalue weighted by molar-refractivity contribution is 7.89. The minimum absolute atomic E-state index is 0.160. The molecule has 0 amide bonds. The second-order valence-corrected chi connectivity index (χ2v) is 6.85. The van der Waals surface area contributed by atoms with Gasteiger partial charge in [0, 0.05) is 12.2 Å². The minimum Gasteiger partial charge on any atom is -0.381 e. The number of aryl methyl sites for hydroxylation is 2. The number of rotatable bonds is 4. The maximum Gasteiger partial charge on any atom is 0.238 e. The summed E-state index contributed by atoms with van der Waals surface area (Å²) in [5.74, 6) is 0. The molecule has 112 valence electrons. The molecule has 2 aromatic carbocycles. The zero-order valence-corrected chi connectivity index (χ0v) is 13.3. The van der Waals surface area contributed by atoms with Gasteiger partial charge >= 0.3 is 0 Å². The first-order valence-corrected chi connectivity index (χ1v) is 8.25. The van der Waals surface area contributed by atoms with Crippen molar-refractivity contribution < 1.29 is 8.42 Å². The summed E-state index contributed by atoms with van der Waals surface area (Å²) in [6, 6.07) is 11.4. The summed E-state index contributed by atoms with van der Waals surface area (Å²) in [7, 11) is -3.69. The van der Waals surface area contributed by atoms with Crippen molar-refractivity contribution in [2.45, 2.75) is 32.2 Å². The van der Waals surface area contributed by atoms with E-state index >= 15 is 0 Å². The van der Waals surface area contributed by atoms with E-state index in [2.05, 4.69) is 37.4 Å². The van der Waals surface area contributed by atoms with Crippen LogP contribution in [0.3, 0.4) is 0 Å². The maximum absolute atomic E-state index is 11.5. The van der Waals surface area contributed by atoms with Crippen molar-refractivity contribution in [1.82, 2.24) is 0 Å². The van der Waals surface area contributed by atoms with E-state index in [-0.39, 0.29) is 4.90 Å². The minimum atomic E-state index is -3.69. The number of hydrogen-bond donors (Lipinski definition) is 2. The molecule has 3 N–H and O–H groups in total. The van der Waals surface area contributed by atoms with Gasteiger partial charge in [-0.1, -0.05) is 35.4 Å². The van der Waals surface area contributed by atoms with Crippen molar-refractivity contribution in [2.75, 3.05) is 5.32 Å². The normalized spacial score (nSPS) is 11.4. The number of nitrogens with one attached hydrogen (secondary N) is 1. The molecule has 0 spiro atoms. The SMILES string of the molecule is Cc1cc(C)cc(CNc2cccc(S(N)(=O)=O)c2C)c1. The van der Waals surface area contributed by atoms with Crippen molar-refractivity contribution in [3.8, 4) is 0 Å². The van der Waals surface area contributed by atoms with Crippen LogP contribution in [0.4, 0.5) is 5.69 Å². The zero-order chi connectivity index (χ0) is 15.6. The van der Waals surface area contributed by atoms with Crippen LogP contribution in [0.5, 0.6) is 0 Å². The van der Waals surface area contributed by atoms with E-state index in [4.69, 9.17) is 5.14 Å². The summed E-state index contributed by atoms with van der Waals surface area (Å²) in [6.45, 7) is 6.51. The summed E-state index contributed by atoms with van der Waals surface area (Å²) in [5, 5.41) is 8.49. The van der Waals surface area contributed by atoms with Crippen LogP contribution in [0.2, 0.25) is 0 Å². The maximum atomic E-state index is 11.5. The average Bonchev–Trinajstić information content (AvgIpc) is 2.35. The average molecular weight is 304 g/mol. The number of anilines is 1. The molecule has 2 aromatic rings. The van der Waals surface area contributed by atoms with Crippen LogP contribution >= 0.6 is 0 Å². The van der Waals surface area contributed by atoms with Crippen LogP contribution in [-0.2, 0) is 16.6 Å². The Labute approximate surface area is 126 Å². The van der Waals surface area contributed by atoms with E-state index in [1.165, 1.54) is 17.2 Å². The van der Waals surface area contributed by atoms with E-state index in [0.29, 0.717) is 12.1 Å². The molecular weight excluding hydrogens is 284 g/mol. The Morgan fingerprint density at radius 2 is 1.67 bits per heavy atom. The van der Waals surface area contributed by atoms with E-state index in [1.54, 1.807) is 13.0 Å². The van der Waals surface area contributed by atoms with Crippen LogP contribution < -0.4 is 10.5 Å². The van der Waals surface area contributed by atoms with Crippen molar-refractivity contribution in [3.05, 3.63) is 58.7 Å². The van der Waals surface area contributed by atoms with Gasteiger partial charge in [-0.3, -0.25) is 0 Å². The Balaban J connectivity index is 2.25. The number of nitrogens with two attached hydrogens (primary N) is 1. The van der Waals surface area contributed by atoms with Crippen LogP contribution in [-0.4, -0.2) is 8.42 Å². The Hall–Kier alpha value is -1.85. The fourth-order valence-corrected chi connectivity index (χ4v) is 3.29. The molecular formula is C16H20N2O2S. The van der Waals surface area contributed by atoms with Crippen molar-refractivity contribution in [1.29, 1.82) is 0 Å². The zero-order valence-electron chi connectivity index (χ0n) is 12.5. The highest BCUT2D eigenvalue weighted by Crippen LogP contribution is 2.22. The monoisotopic (exact) mass is 304 g/mol. The third-order valence-electron chi connectivity index (χ3n) is 3.36. The summed E-state index contributed by atoms with van der Waals surface area (Å²) in [5.41, 5.74) is 5.00. The molecule has 0 atom stereocenters. The van der Waals surface area contributed by atoms with Gasteiger partial charge in [-0.25, -0.2) is 13.6 Å². The van der Waals surface area contributed by atoms with Crippen molar-refractivity contribution in [3.63, 3.8) is 0 Å². The van der Waals surface area contributed by atoms with Gasteiger partial charge in [0.25, 0.3) is 0 Å². The molecule has 0 saturated heterocycles. The molecule has 0 heterocycles. The fourth-order valence-electron chi connectivity index (χ4n) is 2.48. The Kier molecular flexibility index (Phi) is 4.34. The summed E-state index contributed by atoms with van der Waals surface area (Å²) < 4.78 is 23.0. The number of benzene rings is 2. The second-order valence-electron chi connectivity index (χ2n) is 5.32. The third kappa shape index (κ3) is 3.83. The molecule has 0 radical (unpaired) electrons. The lowest BCUT2D eigenvalue weighted by Gasteiger charge is -2.13. The number of sulfonamides is 1. The molecule has 5 heteroatoms. The summed E-state index contributed by atoms with van der Waals surface area (Å²) in [6.07, 6.45) is 0. The van der Waals surface area contributed by atoms with Crippen LogP contribution in [0, 0.1) is 20.8 Å². The van der Waals surface area contributed by atoms with E-state index in [0.717, 1.165) is 11.3 Å². The highest BCUT2D eigenvalue weighted by atomic mass is 32.2. The smallest absolute Gasteiger partial charge is 0.238 e. The lowest BCUT2D eigenvalue weighted by molar-refractivity contribution is 0.597. The van der Waals surface area contributed by atoms with Gasteiger partial charge in [0.15, 0.2) is 0 Å². The lowest BCUT2D eigenvalue weighted by atomic mass is 10.1. The van der Waals surface area contributed by atoms with Crippen molar-refractivity contribution in [2.24, 2.45) is 5.14 Å². The van der Waals surface area contributed by atoms with Gasteiger partial charge in [-0.15, -0.1) is 0 Å². The number of hydrogen-bond acceptors (Lipinski definition) is 3. The molecule has 0 aliphatic heterocycles. The molecule has 0 fully saturated rings. The topological polar surface area (TPSA) is 72.2 Å².